The number of nitrogens with zero attached hydrogens (tertiary/aromatic N) is 3. The Bertz CT molecular complexity index is 1160. The molecular formula is C21H21FN4O3S. The number of halogens is 1. The minimum Gasteiger partial charge on any atom is -0.322 e. The van der Waals surface area contributed by atoms with Gasteiger partial charge in [-0.05, 0) is 55.3 Å². The second-order valence-corrected chi connectivity index (χ2v) is 9.00. The number of piperidine rings is 1. The van der Waals surface area contributed by atoms with Crippen LogP contribution in [0.25, 0.3) is 5.69 Å². The largest absolute Gasteiger partial charge is 0.322 e. The Morgan fingerprint density at radius 1 is 1.03 bits per heavy atom. The lowest BCUT2D eigenvalue weighted by Gasteiger charge is -2.26. The van der Waals surface area contributed by atoms with Gasteiger partial charge in [0.1, 0.15) is 5.69 Å². The number of hydrogen-bond donors (Lipinski definition) is 1. The maximum Gasteiger partial charge on any atom is 0.255 e. The molecule has 1 fully saturated rings. The maximum absolute atomic E-state index is 14.4. The lowest BCUT2D eigenvalue weighted by Crippen LogP contribution is -2.35. The van der Waals surface area contributed by atoms with E-state index < -0.39 is 21.7 Å². The minimum atomic E-state index is -3.64. The van der Waals surface area contributed by atoms with Crippen LogP contribution in [0.15, 0.2) is 65.8 Å². The van der Waals surface area contributed by atoms with E-state index in [0.29, 0.717) is 13.1 Å². The molecule has 2 aromatic carbocycles. The number of carbonyl (C=O) groups is 1. The molecule has 1 aromatic heterocycles. The zero-order chi connectivity index (χ0) is 21.1. The average Bonchev–Trinajstić information content (AvgIpc) is 3.29. The number of anilines is 1. The van der Waals surface area contributed by atoms with Crippen molar-refractivity contribution >= 4 is 21.6 Å². The second kappa shape index (κ2) is 8.37. The van der Waals surface area contributed by atoms with E-state index in [-0.39, 0.29) is 21.8 Å². The van der Waals surface area contributed by atoms with Crippen LogP contribution < -0.4 is 5.32 Å². The molecule has 1 saturated heterocycles. The number of carbonyl (C=O) groups excluding carboxylic acids is 1. The van der Waals surface area contributed by atoms with Gasteiger partial charge in [-0.3, -0.25) is 4.79 Å². The van der Waals surface area contributed by atoms with Crippen LogP contribution in [0.2, 0.25) is 0 Å². The van der Waals surface area contributed by atoms with Crippen LogP contribution in [0, 0.1) is 5.82 Å². The van der Waals surface area contributed by atoms with Crippen molar-refractivity contribution in [2.75, 3.05) is 18.4 Å². The van der Waals surface area contributed by atoms with E-state index in [1.165, 1.54) is 45.4 Å². The van der Waals surface area contributed by atoms with E-state index in [1.807, 2.05) is 0 Å². The smallest absolute Gasteiger partial charge is 0.255 e. The summed E-state index contributed by atoms with van der Waals surface area (Å²) in [4.78, 5) is 12.7. The summed E-state index contributed by atoms with van der Waals surface area (Å²) < 4.78 is 42.9. The van der Waals surface area contributed by atoms with Crippen molar-refractivity contribution in [3.63, 3.8) is 0 Å². The molecule has 0 unspecified atom stereocenters. The fourth-order valence-electron chi connectivity index (χ4n) is 3.44. The summed E-state index contributed by atoms with van der Waals surface area (Å²) in [6.07, 6.45) is 5.84. The third kappa shape index (κ3) is 4.12. The number of aromatic nitrogens is 2. The van der Waals surface area contributed by atoms with Gasteiger partial charge in [0.25, 0.3) is 5.91 Å². The zero-order valence-electron chi connectivity index (χ0n) is 16.2. The van der Waals surface area contributed by atoms with Gasteiger partial charge in [0.05, 0.1) is 4.90 Å². The van der Waals surface area contributed by atoms with E-state index in [2.05, 4.69) is 10.4 Å². The van der Waals surface area contributed by atoms with Crippen molar-refractivity contribution in [1.29, 1.82) is 0 Å². The first-order valence-corrected chi connectivity index (χ1v) is 11.1. The van der Waals surface area contributed by atoms with Crippen LogP contribution in [0.3, 0.4) is 0 Å². The van der Waals surface area contributed by atoms with E-state index in [1.54, 1.807) is 24.5 Å². The summed E-state index contributed by atoms with van der Waals surface area (Å²) in [5, 5.41) is 6.60. The molecule has 1 amide bonds. The van der Waals surface area contributed by atoms with Gasteiger partial charge in [-0.25, -0.2) is 17.5 Å². The van der Waals surface area contributed by atoms with Crippen molar-refractivity contribution in [3.8, 4) is 5.69 Å². The van der Waals surface area contributed by atoms with Gasteiger partial charge in [-0.1, -0.05) is 12.5 Å². The molecule has 4 rings (SSSR count). The quantitative estimate of drug-likeness (QED) is 0.675. The highest BCUT2D eigenvalue weighted by molar-refractivity contribution is 7.89. The van der Waals surface area contributed by atoms with Gasteiger partial charge >= 0.3 is 0 Å². The molecule has 1 N–H and O–H groups in total. The topological polar surface area (TPSA) is 84.3 Å². The predicted molar refractivity (Wildman–Crippen MR) is 111 cm³/mol. The van der Waals surface area contributed by atoms with Gasteiger partial charge in [0.2, 0.25) is 10.0 Å². The third-order valence-electron chi connectivity index (χ3n) is 5.01. The first kappa shape index (κ1) is 20.2. The lowest BCUT2D eigenvalue weighted by molar-refractivity contribution is 0.102. The fraction of sp³-hybridized carbons (Fsp3) is 0.238. The summed E-state index contributed by atoms with van der Waals surface area (Å²) in [7, 11) is -3.64. The number of sulfonamides is 1. The molecule has 30 heavy (non-hydrogen) atoms. The van der Waals surface area contributed by atoms with Crippen LogP contribution in [0.1, 0.15) is 29.6 Å². The lowest BCUT2D eigenvalue weighted by atomic mass is 10.2. The highest BCUT2D eigenvalue weighted by Gasteiger charge is 2.26. The molecule has 0 saturated carbocycles. The van der Waals surface area contributed by atoms with Gasteiger partial charge < -0.3 is 5.32 Å². The minimum absolute atomic E-state index is 0.0808. The molecule has 1 aliphatic heterocycles. The van der Waals surface area contributed by atoms with Crippen LogP contribution in [0.4, 0.5) is 10.1 Å². The molecule has 9 heteroatoms. The van der Waals surface area contributed by atoms with Crippen molar-refractivity contribution in [1.82, 2.24) is 14.1 Å². The van der Waals surface area contributed by atoms with Gasteiger partial charge in [-0.2, -0.15) is 9.40 Å². The Balaban J connectivity index is 1.53. The Kier molecular flexibility index (Phi) is 5.65. The van der Waals surface area contributed by atoms with E-state index in [4.69, 9.17) is 0 Å². The predicted octanol–water partition coefficient (Wildman–Crippen LogP) is 3.44. The van der Waals surface area contributed by atoms with Crippen LogP contribution in [-0.2, 0) is 10.0 Å². The van der Waals surface area contributed by atoms with Crippen molar-refractivity contribution in [3.05, 3.63) is 72.3 Å². The van der Waals surface area contributed by atoms with Crippen LogP contribution in [-0.4, -0.2) is 41.5 Å². The molecule has 3 aromatic rings. The SMILES string of the molecule is O=C(Nc1ccc(-n2cccn2)c(F)c1)c1cccc(S(=O)(=O)N2CCCCC2)c1. The molecule has 0 radical (unpaired) electrons. The maximum atomic E-state index is 14.4. The van der Waals surface area contributed by atoms with Crippen LogP contribution in [0.5, 0.6) is 0 Å². The first-order chi connectivity index (χ1) is 14.4. The Morgan fingerprint density at radius 2 is 1.83 bits per heavy atom. The monoisotopic (exact) mass is 428 g/mol. The van der Waals surface area contributed by atoms with E-state index in [9.17, 15) is 17.6 Å². The van der Waals surface area contributed by atoms with Crippen molar-refractivity contribution in [2.24, 2.45) is 0 Å². The van der Waals surface area contributed by atoms with Crippen molar-refractivity contribution < 1.29 is 17.6 Å². The summed E-state index contributed by atoms with van der Waals surface area (Å²) in [5.74, 6) is -1.06. The molecule has 0 aliphatic carbocycles. The number of rotatable bonds is 5. The number of benzene rings is 2. The molecule has 1 aliphatic rings. The van der Waals surface area contributed by atoms with Crippen LogP contribution >= 0.6 is 0 Å². The summed E-state index contributed by atoms with van der Waals surface area (Å²) >= 11 is 0. The molecule has 0 spiro atoms. The summed E-state index contributed by atoms with van der Waals surface area (Å²) in [6.45, 7) is 0.973. The Morgan fingerprint density at radius 3 is 2.53 bits per heavy atom. The molecule has 7 nitrogen and oxygen atoms in total. The van der Waals surface area contributed by atoms with Gasteiger partial charge in [-0.15, -0.1) is 0 Å². The number of hydrogen-bond acceptors (Lipinski definition) is 4. The zero-order valence-corrected chi connectivity index (χ0v) is 17.0. The highest BCUT2D eigenvalue weighted by atomic mass is 32.2. The highest BCUT2D eigenvalue weighted by Crippen LogP contribution is 2.22. The Hall–Kier alpha value is -3.04. The summed E-state index contributed by atoms with van der Waals surface area (Å²) in [6, 6.07) is 11.9. The van der Waals surface area contributed by atoms with Gasteiger partial charge in [0.15, 0.2) is 5.82 Å². The number of amides is 1. The second-order valence-electron chi connectivity index (χ2n) is 7.06. The summed E-state index contributed by atoms with van der Waals surface area (Å²) in [5.41, 5.74) is 0.704. The Labute approximate surface area is 174 Å². The third-order valence-corrected chi connectivity index (χ3v) is 6.90. The molecule has 156 valence electrons. The first-order valence-electron chi connectivity index (χ1n) is 9.66. The normalized spacial score (nSPS) is 15.1. The van der Waals surface area contributed by atoms with E-state index in [0.717, 1.165) is 19.3 Å². The van der Waals surface area contributed by atoms with E-state index >= 15 is 0 Å². The molecule has 2 heterocycles. The fourth-order valence-corrected chi connectivity index (χ4v) is 5.00. The number of nitrogens with one attached hydrogen (secondary N) is 1. The molecule has 0 atom stereocenters. The average molecular weight is 428 g/mol. The van der Waals surface area contributed by atoms with Crippen molar-refractivity contribution in [2.45, 2.75) is 24.2 Å². The standard InChI is InChI=1S/C21H21FN4O3S/c22-19-15-17(8-9-20(19)26-13-5-10-23-26)24-21(27)16-6-4-7-18(14-16)30(28,29)25-11-2-1-3-12-25/h4-10,13-15H,1-3,11-12H2,(H,24,27). The van der Waals surface area contributed by atoms with Gasteiger partial charge in [0, 0.05) is 36.7 Å². The molecule has 0 bridgehead atoms. The molecular weight excluding hydrogens is 407 g/mol.